The number of rotatable bonds is 5. The van der Waals surface area contributed by atoms with Gasteiger partial charge in [0.15, 0.2) is 0 Å². The predicted molar refractivity (Wildman–Crippen MR) is 99.0 cm³/mol. The first kappa shape index (κ1) is 17.7. The molecule has 1 saturated heterocycles. The third-order valence-electron chi connectivity index (χ3n) is 5.69. The first-order valence-corrected chi connectivity index (χ1v) is 9.39. The van der Waals surface area contributed by atoms with E-state index in [1.54, 1.807) is 4.90 Å². The summed E-state index contributed by atoms with van der Waals surface area (Å²) in [5, 5.41) is 3.41. The molecule has 2 aliphatic rings. The van der Waals surface area contributed by atoms with Crippen LogP contribution in [0.4, 0.5) is 0 Å². The normalized spacial score (nSPS) is 20.2. The van der Waals surface area contributed by atoms with Crippen molar-refractivity contribution >= 4 is 11.8 Å². The second kappa shape index (κ2) is 7.85. The van der Waals surface area contributed by atoms with Crippen LogP contribution in [0.25, 0.3) is 0 Å². The van der Waals surface area contributed by atoms with Gasteiger partial charge in [0.05, 0.1) is 0 Å². The Morgan fingerprint density at radius 1 is 1.16 bits per heavy atom. The topological polar surface area (TPSA) is 49.4 Å². The van der Waals surface area contributed by atoms with Gasteiger partial charge < -0.3 is 10.2 Å². The van der Waals surface area contributed by atoms with E-state index in [2.05, 4.69) is 36.2 Å². The molecule has 25 heavy (non-hydrogen) atoms. The standard InChI is InChI=1S/C21H28N2O2/c1-2-19(24)23-14-10-18(11-15-23)20(25)22-21(12-6-7-13-21)16-17-8-4-3-5-9-17/h2-5,8-9,18H,1,6-7,10-16H2,(H,22,25). The number of hydrogen-bond acceptors (Lipinski definition) is 2. The fourth-order valence-corrected chi connectivity index (χ4v) is 4.24. The van der Waals surface area contributed by atoms with Crippen molar-refractivity contribution in [3.8, 4) is 0 Å². The van der Waals surface area contributed by atoms with Crippen LogP contribution in [0.15, 0.2) is 43.0 Å². The molecule has 0 unspecified atom stereocenters. The quantitative estimate of drug-likeness (QED) is 0.838. The summed E-state index contributed by atoms with van der Waals surface area (Å²) in [4.78, 5) is 26.3. The van der Waals surface area contributed by atoms with Gasteiger partial charge in [-0.1, -0.05) is 49.8 Å². The summed E-state index contributed by atoms with van der Waals surface area (Å²) in [7, 11) is 0. The highest BCUT2D eigenvalue weighted by Crippen LogP contribution is 2.33. The number of carbonyl (C=O) groups excluding carboxylic acids is 2. The molecule has 0 spiro atoms. The fraction of sp³-hybridized carbons (Fsp3) is 0.524. The summed E-state index contributed by atoms with van der Waals surface area (Å²) >= 11 is 0. The average molecular weight is 340 g/mol. The highest BCUT2D eigenvalue weighted by atomic mass is 16.2. The van der Waals surface area contributed by atoms with Gasteiger partial charge in [0, 0.05) is 24.5 Å². The molecule has 1 aliphatic heterocycles. The average Bonchev–Trinajstić information content (AvgIpc) is 3.10. The Kier molecular flexibility index (Phi) is 5.57. The van der Waals surface area contributed by atoms with Gasteiger partial charge >= 0.3 is 0 Å². The molecule has 1 heterocycles. The highest BCUT2D eigenvalue weighted by molar-refractivity contribution is 5.87. The Hall–Kier alpha value is -2.10. The molecule has 1 aromatic rings. The molecule has 0 bridgehead atoms. The molecule has 1 N–H and O–H groups in total. The van der Waals surface area contributed by atoms with Gasteiger partial charge in [0.2, 0.25) is 11.8 Å². The molecule has 2 amide bonds. The minimum atomic E-state index is -0.0908. The van der Waals surface area contributed by atoms with Crippen LogP contribution in [-0.2, 0) is 16.0 Å². The molecular formula is C21H28N2O2. The van der Waals surface area contributed by atoms with Crippen molar-refractivity contribution in [2.75, 3.05) is 13.1 Å². The highest BCUT2D eigenvalue weighted by Gasteiger charge is 2.37. The van der Waals surface area contributed by atoms with E-state index in [9.17, 15) is 9.59 Å². The summed E-state index contributed by atoms with van der Waals surface area (Å²) in [5.74, 6) is 0.154. The Balaban J connectivity index is 1.60. The van der Waals surface area contributed by atoms with Crippen molar-refractivity contribution < 1.29 is 9.59 Å². The fourth-order valence-electron chi connectivity index (χ4n) is 4.24. The van der Waals surface area contributed by atoms with Crippen LogP contribution in [0, 0.1) is 5.92 Å². The Labute approximate surface area is 150 Å². The van der Waals surface area contributed by atoms with Crippen LogP contribution in [0.3, 0.4) is 0 Å². The van der Waals surface area contributed by atoms with Crippen molar-refractivity contribution in [2.24, 2.45) is 5.92 Å². The Morgan fingerprint density at radius 3 is 2.40 bits per heavy atom. The summed E-state index contributed by atoms with van der Waals surface area (Å²) in [6.45, 7) is 4.83. The SMILES string of the molecule is C=CC(=O)N1CCC(C(=O)NC2(Cc3ccccc3)CCCC2)CC1. The van der Waals surface area contributed by atoms with E-state index in [0.717, 1.165) is 32.1 Å². The zero-order valence-electron chi connectivity index (χ0n) is 14.9. The van der Waals surface area contributed by atoms with Crippen LogP contribution in [0.5, 0.6) is 0 Å². The van der Waals surface area contributed by atoms with Crippen LogP contribution in [0.2, 0.25) is 0 Å². The second-order valence-corrected chi connectivity index (χ2v) is 7.44. The molecule has 0 radical (unpaired) electrons. The van der Waals surface area contributed by atoms with E-state index in [-0.39, 0.29) is 23.3 Å². The maximum absolute atomic E-state index is 12.9. The first-order valence-electron chi connectivity index (χ1n) is 9.39. The molecule has 0 aromatic heterocycles. The monoisotopic (exact) mass is 340 g/mol. The van der Waals surface area contributed by atoms with Gasteiger partial charge in [-0.05, 0) is 43.7 Å². The first-order chi connectivity index (χ1) is 12.1. The summed E-state index contributed by atoms with van der Waals surface area (Å²) < 4.78 is 0. The lowest BCUT2D eigenvalue weighted by atomic mass is 9.87. The minimum Gasteiger partial charge on any atom is -0.350 e. The molecule has 3 rings (SSSR count). The van der Waals surface area contributed by atoms with Gasteiger partial charge in [-0.15, -0.1) is 0 Å². The predicted octanol–water partition coefficient (Wildman–Crippen LogP) is 3.08. The molecule has 4 heteroatoms. The molecule has 4 nitrogen and oxygen atoms in total. The zero-order chi connectivity index (χ0) is 17.7. The maximum Gasteiger partial charge on any atom is 0.245 e. The Morgan fingerprint density at radius 2 is 1.80 bits per heavy atom. The van der Waals surface area contributed by atoms with E-state index in [0.29, 0.717) is 13.1 Å². The zero-order valence-corrected chi connectivity index (χ0v) is 14.9. The lowest BCUT2D eigenvalue weighted by Gasteiger charge is -2.35. The molecule has 1 saturated carbocycles. The number of amides is 2. The van der Waals surface area contributed by atoms with Gasteiger partial charge in [0.25, 0.3) is 0 Å². The van der Waals surface area contributed by atoms with E-state index < -0.39 is 0 Å². The van der Waals surface area contributed by atoms with E-state index in [1.165, 1.54) is 24.5 Å². The van der Waals surface area contributed by atoms with E-state index >= 15 is 0 Å². The number of carbonyl (C=O) groups is 2. The van der Waals surface area contributed by atoms with Crippen molar-refractivity contribution in [1.82, 2.24) is 10.2 Å². The smallest absolute Gasteiger partial charge is 0.245 e. The number of nitrogens with zero attached hydrogens (tertiary/aromatic N) is 1. The number of hydrogen-bond donors (Lipinski definition) is 1. The molecular weight excluding hydrogens is 312 g/mol. The summed E-state index contributed by atoms with van der Waals surface area (Å²) in [6.07, 6.45) is 8.22. The van der Waals surface area contributed by atoms with Crippen molar-refractivity contribution in [3.05, 3.63) is 48.6 Å². The maximum atomic E-state index is 12.9. The van der Waals surface area contributed by atoms with Gasteiger partial charge in [0.1, 0.15) is 0 Å². The number of piperidine rings is 1. The molecule has 1 aromatic carbocycles. The van der Waals surface area contributed by atoms with Crippen LogP contribution in [0.1, 0.15) is 44.1 Å². The summed E-state index contributed by atoms with van der Waals surface area (Å²) in [5.41, 5.74) is 1.20. The third-order valence-corrected chi connectivity index (χ3v) is 5.69. The number of nitrogens with one attached hydrogen (secondary N) is 1. The van der Waals surface area contributed by atoms with Crippen LogP contribution in [-0.4, -0.2) is 35.3 Å². The number of benzene rings is 1. The van der Waals surface area contributed by atoms with Gasteiger partial charge in [-0.25, -0.2) is 0 Å². The lowest BCUT2D eigenvalue weighted by molar-refractivity contribution is -0.133. The van der Waals surface area contributed by atoms with Crippen molar-refractivity contribution in [3.63, 3.8) is 0 Å². The van der Waals surface area contributed by atoms with Crippen molar-refractivity contribution in [1.29, 1.82) is 0 Å². The minimum absolute atomic E-state index is 0.0158. The van der Waals surface area contributed by atoms with E-state index in [1.807, 2.05) is 6.07 Å². The van der Waals surface area contributed by atoms with Gasteiger partial charge in [-0.3, -0.25) is 9.59 Å². The van der Waals surface area contributed by atoms with Crippen LogP contribution < -0.4 is 5.32 Å². The molecule has 134 valence electrons. The number of likely N-dealkylation sites (tertiary alicyclic amines) is 1. The van der Waals surface area contributed by atoms with Crippen molar-refractivity contribution in [2.45, 2.75) is 50.5 Å². The van der Waals surface area contributed by atoms with Gasteiger partial charge in [-0.2, -0.15) is 0 Å². The molecule has 2 fully saturated rings. The third kappa shape index (κ3) is 4.30. The largest absolute Gasteiger partial charge is 0.350 e. The molecule has 1 aliphatic carbocycles. The lowest BCUT2D eigenvalue weighted by Crippen LogP contribution is -2.52. The Bertz CT molecular complexity index is 612. The van der Waals surface area contributed by atoms with Crippen LogP contribution >= 0.6 is 0 Å². The second-order valence-electron chi connectivity index (χ2n) is 7.44. The molecule has 0 atom stereocenters. The van der Waals surface area contributed by atoms with E-state index in [4.69, 9.17) is 0 Å². The summed E-state index contributed by atoms with van der Waals surface area (Å²) in [6, 6.07) is 10.4.